The molecule has 0 aliphatic heterocycles. The molecule has 0 spiro atoms. The lowest BCUT2D eigenvalue weighted by Gasteiger charge is -2.14. The van der Waals surface area contributed by atoms with Gasteiger partial charge in [-0.1, -0.05) is 6.07 Å². The number of nitrogens with zero attached hydrogens (tertiary/aromatic N) is 2. The lowest BCUT2D eigenvalue weighted by Crippen LogP contribution is -2.07. The third-order valence-corrected chi connectivity index (χ3v) is 3.60. The van der Waals surface area contributed by atoms with Gasteiger partial charge in [-0.3, -0.25) is 10.4 Å². The van der Waals surface area contributed by atoms with Crippen molar-refractivity contribution in [1.82, 2.24) is 15.0 Å². The van der Waals surface area contributed by atoms with E-state index in [1.165, 1.54) is 0 Å². The SMILES string of the molecule is COCCOc1c(-c2cccnc2)cc2[nH]c(NN)nc2c1C. The van der Waals surface area contributed by atoms with Crippen LogP contribution in [0, 0.1) is 6.92 Å². The van der Waals surface area contributed by atoms with Gasteiger partial charge in [0.15, 0.2) is 0 Å². The number of hydrogen-bond donors (Lipinski definition) is 3. The molecule has 7 nitrogen and oxygen atoms in total. The van der Waals surface area contributed by atoms with E-state index in [1.54, 1.807) is 13.3 Å². The van der Waals surface area contributed by atoms with Crippen molar-refractivity contribution < 1.29 is 9.47 Å². The van der Waals surface area contributed by atoms with Crippen LogP contribution in [-0.4, -0.2) is 35.3 Å². The lowest BCUT2D eigenvalue weighted by molar-refractivity contribution is 0.146. The number of nitrogens with one attached hydrogen (secondary N) is 2. The molecule has 0 amide bonds. The average molecular weight is 313 g/mol. The summed E-state index contributed by atoms with van der Waals surface area (Å²) in [6.07, 6.45) is 3.55. The van der Waals surface area contributed by atoms with Crippen molar-refractivity contribution in [3.63, 3.8) is 0 Å². The number of methoxy groups -OCH3 is 1. The van der Waals surface area contributed by atoms with Crippen LogP contribution in [0.1, 0.15) is 5.56 Å². The van der Waals surface area contributed by atoms with E-state index in [4.69, 9.17) is 15.3 Å². The summed E-state index contributed by atoms with van der Waals surface area (Å²) in [6, 6.07) is 5.89. The number of imidazole rings is 1. The summed E-state index contributed by atoms with van der Waals surface area (Å²) in [5.41, 5.74) is 7.10. The largest absolute Gasteiger partial charge is 0.490 e. The zero-order valence-corrected chi connectivity index (χ0v) is 13.1. The molecule has 1 aromatic carbocycles. The predicted molar refractivity (Wildman–Crippen MR) is 89.2 cm³/mol. The number of anilines is 1. The quantitative estimate of drug-likeness (QED) is 0.367. The Morgan fingerprint density at radius 1 is 1.35 bits per heavy atom. The summed E-state index contributed by atoms with van der Waals surface area (Å²) in [4.78, 5) is 11.8. The highest BCUT2D eigenvalue weighted by molar-refractivity contribution is 5.90. The number of fused-ring (bicyclic) bond motifs is 1. The van der Waals surface area contributed by atoms with E-state index < -0.39 is 0 Å². The first-order valence-corrected chi connectivity index (χ1v) is 7.26. The monoisotopic (exact) mass is 313 g/mol. The third kappa shape index (κ3) is 2.96. The molecule has 0 unspecified atom stereocenters. The molecule has 2 heterocycles. The summed E-state index contributed by atoms with van der Waals surface area (Å²) in [5, 5.41) is 0. The maximum atomic E-state index is 5.96. The number of benzene rings is 1. The molecule has 23 heavy (non-hydrogen) atoms. The summed E-state index contributed by atoms with van der Waals surface area (Å²) in [7, 11) is 1.65. The first-order chi connectivity index (χ1) is 11.2. The standard InChI is InChI=1S/C16H19N5O2/c1-10-14-13(19-16(20-14)21-17)8-12(11-4-3-5-18-9-11)15(10)23-7-6-22-2/h3-5,8-9H,6-7,17H2,1-2H3,(H2,19,20,21). The number of H-pyrrole nitrogens is 1. The van der Waals surface area contributed by atoms with E-state index in [0.717, 1.165) is 33.5 Å². The average Bonchev–Trinajstić information content (AvgIpc) is 3.01. The maximum absolute atomic E-state index is 5.96. The van der Waals surface area contributed by atoms with E-state index in [1.807, 2.05) is 31.3 Å². The van der Waals surface area contributed by atoms with Crippen LogP contribution in [0.2, 0.25) is 0 Å². The number of nitrogen functional groups attached to an aromatic ring is 1. The van der Waals surface area contributed by atoms with Crippen LogP contribution in [0.25, 0.3) is 22.2 Å². The molecule has 4 N–H and O–H groups in total. The number of hydrogen-bond acceptors (Lipinski definition) is 6. The van der Waals surface area contributed by atoms with E-state index in [2.05, 4.69) is 20.4 Å². The molecule has 0 aliphatic rings. The minimum atomic E-state index is 0.461. The van der Waals surface area contributed by atoms with Crippen molar-refractivity contribution in [2.45, 2.75) is 6.92 Å². The Bertz CT molecular complexity index is 801. The van der Waals surface area contributed by atoms with Crippen LogP contribution in [0.3, 0.4) is 0 Å². The molecule has 0 fully saturated rings. The minimum absolute atomic E-state index is 0.461. The minimum Gasteiger partial charge on any atom is -0.490 e. The topological polar surface area (TPSA) is 98.1 Å². The maximum Gasteiger partial charge on any atom is 0.215 e. The van der Waals surface area contributed by atoms with Crippen LogP contribution in [0.4, 0.5) is 5.95 Å². The van der Waals surface area contributed by atoms with Crippen LogP contribution in [0.15, 0.2) is 30.6 Å². The van der Waals surface area contributed by atoms with Crippen LogP contribution in [-0.2, 0) is 4.74 Å². The fourth-order valence-corrected chi connectivity index (χ4v) is 2.51. The van der Waals surface area contributed by atoms with Gasteiger partial charge >= 0.3 is 0 Å². The van der Waals surface area contributed by atoms with Crippen molar-refractivity contribution in [2.75, 3.05) is 25.7 Å². The molecule has 0 atom stereocenters. The summed E-state index contributed by atoms with van der Waals surface area (Å²) < 4.78 is 11.0. The predicted octanol–water partition coefficient (Wildman–Crippen LogP) is 2.24. The summed E-state index contributed by atoms with van der Waals surface area (Å²) in [5.74, 6) is 6.73. The molecule has 3 rings (SSSR count). The Morgan fingerprint density at radius 3 is 2.91 bits per heavy atom. The van der Waals surface area contributed by atoms with Gasteiger partial charge in [-0.15, -0.1) is 0 Å². The van der Waals surface area contributed by atoms with E-state index in [0.29, 0.717) is 19.2 Å². The molecular formula is C16H19N5O2. The van der Waals surface area contributed by atoms with Gasteiger partial charge in [-0.2, -0.15) is 0 Å². The van der Waals surface area contributed by atoms with Gasteiger partial charge in [0.2, 0.25) is 5.95 Å². The Balaban J connectivity index is 2.16. The van der Waals surface area contributed by atoms with Crippen molar-refractivity contribution >= 4 is 17.0 Å². The highest BCUT2D eigenvalue weighted by Gasteiger charge is 2.16. The number of nitrogens with two attached hydrogens (primary N) is 1. The van der Waals surface area contributed by atoms with Crippen molar-refractivity contribution in [3.05, 3.63) is 36.2 Å². The lowest BCUT2D eigenvalue weighted by atomic mass is 10.0. The Hall–Kier alpha value is -2.64. The summed E-state index contributed by atoms with van der Waals surface area (Å²) in [6.45, 7) is 2.95. The van der Waals surface area contributed by atoms with Gasteiger partial charge in [-0.05, 0) is 19.1 Å². The number of pyridine rings is 1. The Labute approximate surface area is 133 Å². The van der Waals surface area contributed by atoms with Crippen molar-refractivity contribution in [2.24, 2.45) is 5.84 Å². The molecule has 0 aliphatic carbocycles. The van der Waals surface area contributed by atoms with Gasteiger partial charge < -0.3 is 14.5 Å². The number of hydrazine groups is 1. The summed E-state index contributed by atoms with van der Waals surface area (Å²) >= 11 is 0. The first-order valence-electron chi connectivity index (χ1n) is 7.26. The fourth-order valence-electron chi connectivity index (χ4n) is 2.51. The smallest absolute Gasteiger partial charge is 0.215 e. The van der Waals surface area contributed by atoms with Gasteiger partial charge in [0.1, 0.15) is 12.4 Å². The normalized spacial score (nSPS) is 10.9. The molecule has 7 heteroatoms. The fraction of sp³-hybridized carbons (Fsp3) is 0.250. The van der Waals surface area contributed by atoms with E-state index >= 15 is 0 Å². The zero-order valence-electron chi connectivity index (χ0n) is 13.1. The van der Waals surface area contributed by atoms with Crippen molar-refractivity contribution in [1.29, 1.82) is 0 Å². The second kappa shape index (κ2) is 6.64. The van der Waals surface area contributed by atoms with Crippen LogP contribution >= 0.6 is 0 Å². The number of aromatic nitrogens is 3. The van der Waals surface area contributed by atoms with Crippen LogP contribution < -0.4 is 16.0 Å². The number of aromatic amines is 1. The highest BCUT2D eigenvalue weighted by atomic mass is 16.5. The third-order valence-electron chi connectivity index (χ3n) is 3.60. The highest BCUT2D eigenvalue weighted by Crippen LogP contribution is 2.37. The molecule has 0 saturated heterocycles. The zero-order chi connectivity index (χ0) is 16.2. The number of ether oxygens (including phenoxy) is 2. The Kier molecular flexibility index (Phi) is 4.40. The second-order valence-electron chi connectivity index (χ2n) is 5.09. The van der Waals surface area contributed by atoms with Gasteiger partial charge in [-0.25, -0.2) is 10.8 Å². The molecule has 3 aromatic rings. The molecule has 2 aromatic heterocycles. The molecule has 120 valence electrons. The molecular weight excluding hydrogens is 294 g/mol. The second-order valence-corrected chi connectivity index (χ2v) is 5.09. The van der Waals surface area contributed by atoms with Gasteiger partial charge in [0.25, 0.3) is 0 Å². The first kappa shape index (κ1) is 15.3. The van der Waals surface area contributed by atoms with E-state index in [9.17, 15) is 0 Å². The molecule has 0 saturated carbocycles. The Morgan fingerprint density at radius 2 is 2.22 bits per heavy atom. The number of aryl methyl sites for hydroxylation is 1. The van der Waals surface area contributed by atoms with E-state index in [-0.39, 0.29) is 0 Å². The number of rotatable bonds is 6. The molecule has 0 bridgehead atoms. The van der Waals surface area contributed by atoms with Gasteiger partial charge in [0, 0.05) is 36.2 Å². The van der Waals surface area contributed by atoms with Gasteiger partial charge in [0.05, 0.1) is 17.6 Å². The van der Waals surface area contributed by atoms with Crippen LogP contribution in [0.5, 0.6) is 5.75 Å². The van der Waals surface area contributed by atoms with Crippen molar-refractivity contribution in [3.8, 4) is 16.9 Å². The molecule has 0 radical (unpaired) electrons.